The summed E-state index contributed by atoms with van der Waals surface area (Å²) in [5, 5.41) is 0. The fraction of sp³-hybridized carbons (Fsp3) is 0.611. The van der Waals surface area contributed by atoms with Crippen LogP contribution in [0.1, 0.15) is 36.8 Å². The minimum absolute atomic E-state index is 0.158. The number of amides is 1. The van der Waals surface area contributed by atoms with E-state index in [4.69, 9.17) is 4.74 Å². The highest BCUT2D eigenvalue weighted by molar-refractivity contribution is 5.81. The van der Waals surface area contributed by atoms with E-state index in [1.54, 1.807) is 7.11 Å². The third kappa shape index (κ3) is 3.13. The molecule has 0 aromatic heterocycles. The Kier molecular flexibility index (Phi) is 4.59. The molecule has 1 aliphatic heterocycles. The average Bonchev–Trinajstić information content (AvgIpc) is 2.96. The average molecular weight is 287 g/mol. The maximum absolute atomic E-state index is 12.9. The lowest BCUT2D eigenvalue weighted by atomic mass is 9.96. The predicted molar refractivity (Wildman–Crippen MR) is 83.2 cm³/mol. The topological polar surface area (TPSA) is 29.5 Å². The van der Waals surface area contributed by atoms with Gasteiger partial charge in [0.05, 0.1) is 0 Å². The minimum Gasteiger partial charge on any atom is -0.385 e. The van der Waals surface area contributed by atoms with E-state index in [-0.39, 0.29) is 5.92 Å². The molecule has 3 rings (SSSR count). The molecule has 1 saturated heterocycles. The SMILES string of the molecule is COCCC1CCCCN1C(=O)C1Cc2ccccc2C1. The van der Waals surface area contributed by atoms with Crippen LogP contribution in [0.25, 0.3) is 0 Å². The van der Waals surface area contributed by atoms with E-state index in [9.17, 15) is 4.79 Å². The van der Waals surface area contributed by atoms with E-state index in [0.29, 0.717) is 11.9 Å². The highest BCUT2D eigenvalue weighted by Gasteiger charge is 2.34. The maximum Gasteiger partial charge on any atom is 0.226 e. The molecule has 0 spiro atoms. The standard InChI is InChI=1S/C18H25NO2/c1-21-11-9-17-8-4-5-10-19(17)18(20)16-12-14-6-2-3-7-15(14)13-16/h2-3,6-7,16-17H,4-5,8-13H2,1H3. The van der Waals surface area contributed by atoms with Gasteiger partial charge in [0.1, 0.15) is 0 Å². The molecule has 1 amide bonds. The summed E-state index contributed by atoms with van der Waals surface area (Å²) in [7, 11) is 1.74. The molecule has 1 unspecified atom stereocenters. The van der Waals surface area contributed by atoms with E-state index >= 15 is 0 Å². The van der Waals surface area contributed by atoms with Crippen molar-refractivity contribution in [2.24, 2.45) is 5.92 Å². The summed E-state index contributed by atoms with van der Waals surface area (Å²) in [6, 6.07) is 8.87. The smallest absolute Gasteiger partial charge is 0.226 e. The molecule has 0 saturated carbocycles. The van der Waals surface area contributed by atoms with Crippen molar-refractivity contribution in [2.45, 2.75) is 44.6 Å². The monoisotopic (exact) mass is 287 g/mol. The van der Waals surface area contributed by atoms with Gasteiger partial charge < -0.3 is 9.64 Å². The van der Waals surface area contributed by atoms with Gasteiger partial charge in [0.25, 0.3) is 0 Å². The Bertz CT molecular complexity index is 475. The van der Waals surface area contributed by atoms with E-state index < -0.39 is 0 Å². The molecule has 0 bridgehead atoms. The predicted octanol–water partition coefficient (Wildman–Crippen LogP) is 2.82. The number of hydrogen-bond acceptors (Lipinski definition) is 2. The van der Waals surface area contributed by atoms with E-state index in [2.05, 4.69) is 29.2 Å². The number of ether oxygens (including phenoxy) is 1. The summed E-state index contributed by atoms with van der Waals surface area (Å²) in [6.07, 6.45) is 6.33. The van der Waals surface area contributed by atoms with E-state index in [1.165, 1.54) is 17.5 Å². The van der Waals surface area contributed by atoms with Gasteiger partial charge in [0.15, 0.2) is 0 Å². The molecular weight excluding hydrogens is 262 g/mol. The van der Waals surface area contributed by atoms with Crippen molar-refractivity contribution in [3.63, 3.8) is 0 Å². The number of rotatable bonds is 4. The molecule has 1 aliphatic carbocycles. The summed E-state index contributed by atoms with van der Waals surface area (Å²) < 4.78 is 5.21. The van der Waals surface area contributed by atoms with Crippen LogP contribution in [0.5, 0.6) is 0 Å². The number of methoxy groups -OCH3 is 1. The van der Waals surface area contributed by atoms with Crippen molar-refractivity contribution in [3.05, 3.63) is 35.4 Å². The first-order chi connectivity index (χ1) is 10.3. The Morgan fingerprint density at radius 2 is 1.95 bits per heavy atom. The summed E-state index contributed by atoms with van der Waals surface area (Å²) in [6.45, 7) is 1.68. The number of carbonyl (C=O) groups excluding carboxylic acids is 1. The first kappa shape index (κ1) is 14.6. The van der Waals surface area contributed by atoms with Crippen LogP contribution < -0.4 is 0 Å². The van der Waals surface area contributed by atoms with Gasteiger partial charge in [-0.2, -0.15) is 0 Å². The minimum atomic E-state index is 0.158. The van der Waals surface area contributed by atoms with E-state index in [0.717, 1.165) is 45.3 Å². The van der Waals surface area contributed by atoms with Gasteiger partial charge in [0, 0.05) is 32.2 Å². The number of piperidine rings is 1. The van der Waals surface area contributed by atoms with Gasteiger partial charge in [-0.3, -0.25) is 4.79 Å². The van der Waals surface area contributed by atoms with Gasteiger partial charge in [0.2, 0.25) is 5.91 Å². The lowest BCUT2D eigenvalue weighted by molar-refractivity contribution is -0.139. The van der Waals surface area contributed by atoms with Crippen LogP contribution in [0.2, 0.25) is 0 Å². The Balaban J connectivity index is 1.67. The molecule has 21 heavy (non-hydrogen) atoms. The van der Waals surface area contributed by atoms with Crippen LogP contribution in [-0.2, 0) is 22.4 Å². The van der Waals surface area contributed by atoms with Gasteiger partial charge in [-0.15, -0.1) is 0 Å². The number of fused-ring (bicyclic) bond motifs is 1. The Labute approximate surface area is 127 Å². The van der Waals surface area contributed by atoms with Crippen LogP contribution in [0.4, 0.5) is 0 Å². The normalized spacial score (nSPS) is 22.3. The largest absolute Gasteiger partial charge is 0.385 e. The second-order valence-electron chi connectivity index (χ2n) is 6.34. The fourth-order valence-corrected chi connectivity index (χ4v) is 3.81. The number of nitrogens with zero attached hydrogens (tertiary/aromatic N) is 1. The zero-order chi connectivity index (χ0) is 14.7. The highest BCUT2D eigenvalue weighted by atomic mass is 16.5. The molecular formula is C18H25NO2. The first-order valence-electron chi connectivity index (χ1n) is 8.16. The highest BCUT2D eigenvalue weighted by Crippen LogP contribution is 2.30. The van der Waals surface area contributed by atoms with Crippen LogP contribution in [-0.4, -0.2) is 37.1 Å². The van der Waals surface area contributed by atoms with Crippen LogP contribution in [0, 0.1) is 5.92 Å². The molecule has 3 heteroatoms. The maximum atomic E-state index is 12.9. The molecule has 114 valence electrons. The first-order valence-corrected chi connectivity index (χ1v) is 8.16. The van der Waals surface area contributed by atoms with E-state index in [1.807, 2.05) is 0 Å². The molecule has 0 N–H and O–H groups in total. The van der Waals surface area contributed by atoms with Crippen LogP contribution >= 0.6 is 0 Å². The Morgan fingerprint density at radius 3 is 2.62 bits per heavy atom. The molecule has 3 nitrogen and oxygen atoms in total. The molecule has 1 aromatic rings. The second kappa shape index (κ2) is 6.61. The molecule has 0 radical (unpaired) electrons. The summed E-state index contributed by atoms with van der Waals surface area (Å²) in [4.78, 5) is 15.1. The zero-order valence-corrected chi connectivity index (χ0v) is 12.9. The van der Waals surface area contributed by atoms with Gasteiger partial charge in [-0.05, 0) is 49.7 Å². The second-order valence-corrected chi connectivity index (χ2v) is 6.34. The van der Waals surface area contributed by atoms with Gasteiger partial charge in [-0.1, -0.05) is 24.3 Å². The van der Waals surface area contributed by atoms with Gasteiger partial charge in [-0.25, -0.2) is 0 Å². The molecule has 1 aromatic carbocycles. The van der Waals surface area contributed by atoms with Crippen molar-refractivity contribution in [2.75, 3.05) is 20.3 Å². The number of hydrogen-bond donors (Lipinski definition) is 0. The van der Waals surface area contributed by atoms with Crippen LogP contribution in [0.3, 0.4) is 0 Å². The zero-order valence-electron chi connectivity index (χ0n) is 12.9. The summed E-state index contributed by atoms with van der Waals surface area (Å²) in [5.74, 6) is 0.526. The molecule has 1 fully saturated rings. The lowest BCUT2D eigenvalue weighted by Crippen LogP contribution is -2.47. The van der Waals surface area contributed by atoms with Crippen molar-refractivity contribution >= 4 is 5.91 Å². The molecule has 1 atom stereocenters. The number of carbonyl (C=O) groups is 1. The quantitative estimate of drug-likeness (QED) is 0.852. The van der Waals surface area contributed by atoms with Crippen molar-refractivity contribution in [3.8, 4) is 0 Å². The molecule has 1 heterocycles. The third-order valence-corrected chi connectivity index (χ3v) is 4.97. The Hall–Kier alpha value is -1.35. The van der Waals surface area contributed by atoms with Crippen molar-refractivity contribution in [1.29, 1.82) is 0 Å². The summed E-state index contributed by atoms with van der Waals surface area (Å²) >= 11 is 0. The Morgan fingerprint density at radius 1 is 1.24 bits per heavy atom. The van der Waals surface area contributed by atoms with Crippen molar-refractivity contribution in [1.82, 2.24) is 4.90 Å². The molecule has 2 aliphatic rings. The fourth-order valence-electron chi connectivity index (χ4n) is 3.81. The number of benzene rings is 1. The van der Waals surface area contributed by atoms with Crippen LogP contribution in [0.15, 0.2) is 24.3 Å². The van der Waals surface area contributed by atoms with Crippen molar-refractivity contribution < 1.29 is 9.53 Å². The lowest BCUT2D eigenvalue weighted by Gasteiger charge is -2.37. The third-order valence-electron chi connectivity index (χ3n) is 4.97. The number of likely N-dealkylation sites (tertiary alicyclic amines) is 1. The van der Waals surface area contributed by atoms with Gasteiger partial charge >= 0.3 is 0 Å². The summed E-state index contributed by atoms with van der Waals surface area (Å²) in [5.41, 5.74) is 2.72.